The number of rotatable bonds is 4. The Bertz CT molecular complexity index is 639. The van der Waals surface area contributed by atoms with Gasteiger partial charge in [-0.3, -0.25) is 0 Å². The van der Waals surface area contributed by atoms with Crippen LogP contribution >= 0.6 is 22.7 Å². The van der Waals surface area contributed by atoms with Crippen LogP contribution in [0.1, 0.15) is 9.75 Å². The van der Waals surface area contributed by atoms with E-state index in [0.29, 0.717) is 0 Å². The van der Waals surface area contributed by atoms with Gasteiger partial charge in [-0.2, -0.15) is 0 Å². The van der Waals surface area contributed by atoms with Gasteiger partial charge in [0.2, 0.25) is 0 Å². The molecule has 2 aromatic rings. The molecule has 0 atom stereocenters. The van der Waals surface area contributed by atoms with Gasteiger partial charge in [0, 0.05) is 41.5 Å². The van der Waals surface area contributed by atoms with Crippen LogP contribution in [0.4, 0.5) is 10.0 Å². The molecule has 0 spiro atoms. The molecular formula is C18H22N2O2S2. The zero-order valence-electron chi connectivity index (χ0n) is 13.7. The standard InChI is InChI=1S/C18H22N2O2S2/c1-14(15-2-4-17(23-15)19-6-10-21-11-7-19)16-3-5-18(24-16)20-8-12-22-13-9-20/h2-5H,1,6-13H2. The number of hydrogen-bond acceptors (Lipinski definition) is 6. The summed E-state index contributed by atoms with van der Waals surface area (Å²) in [5.41, 5.74) is 1.13. The van der Waals surface area contributed by atoms with E-state index in [4.69, 9.17) is 9.47 Å². The summed E-state index contributed by atoms with van der Waals surface area (Å²) in [7, 11) is 0. The Morgan fingerprint density at radius 3 is 1.58 bits per heavy atom. The maximum atomic E-state index is 5.44. The van der Waals surface area contributed by atoms with E-state index in [0.717, 1.165) is 58.2 Å². The summed E-state index contributed by atoms with van der Waals surface area (Å²) in [5, 5.41) is 2.64. The first-order valence-corrected chi connectivity index (χ1v) is 9.99. The molecule has 2 saturated heterocycles. The summed E-state index contributed by atoms with van der Waals surface area (Å²) in [6.45, 7) is 11.5. The van der Waals surface area contributed by atoms with E-state index in [1.165, 1.54) is 19.8 Å². The van der Waals surface area contributed by atoms with Gasteiger partial charge in [0.1, 0.15) is 0 Å². The van der Waals surface area contributed by atoms with Crippen LogP contribution in [-0.4, -0.2) is 52.6 Å². The highest BCUT2D eigenvalue weighted by Crippen LogP contribution is 2.38. The lowest BCUT2D eigenvalue weighted by atomic mass is 10.2. The first-order chi connectivity index (χ1) is 11.8. The second kappa shape index (κ2) is 7.27. The number of nitrogens with zero attached hydrogens (tertiary/aromatic N) is 2. The van der Waals surface area contributed by atoms with Crippen molar-refractivity contribution in [3.8, 4) is 0 Å². The molecule has 0 saturated carbocycles. The van der Waals surface area contributed by atoms with Gasteiger partial charge in [-0.1, -0.05) is 6.58 Å². The second-order valence-electron chi connectivity index (χ2n) is 5.95. The summed E-state index contributed by atoms with van der Waals surface area (Å²) in [6, 6.07) is 8.83. The first-order valence-electron chi connectivity index (χ1n) is 8.36. The zero-order valence-corrected chi connectivity index (χ0v) is 15.3. The zero-order chi connectivity index (χ0) is 16.4. The van der Waals surface area contributed by atoms with Crippen LogP contribution in [0.5, 0.6) is 0 Å². The van der Waals surface area contributed by atoms with Crippen LogP contribution in [0, 0.1) is 0 Å². The lowest BCUT2D eigenvalue weighted by Crippen LogP contribution is -2.35. The van der Waals surface area contributed by atoms with Gasteiger partial charge in [0.15, 0.2) is 0 Å². The molecule has 4 rings (SSSR count). The second-order valence-corrected chi connectivity index (χ2v) is 8.08. The molecular weight excluding hydrogens is 340 g/mol. The van der Waals surface area contributed by atoms with Gasteiger partial charge in [-0.25, -0.2) is 0 Å². The lowest BCUT2D eigenvalue weighted by molar-refractivity contribution is 0.123. The number of morpholine rings is 2. The van der Waals surface area contributed by atoms with Crippen molar-refractivity contribution in [2.75, 3.05) is 62.4 Å². The van der Waals surface area contributed by atoms with E-state index >= 15 is 0 Å². The molecule has 0 N–H and O–H groups in total. The molecule has 0 bridgehead atoms. The molecule has 0 radical (unpaired) electrons. The smallest absolute Gasteiger partial charge is 0.0916 e. The predicted octanol–water partition coefficient (Wildman–Crippen LogP) is 3.54. The minimum atomic E-state index is 0.821. The molecule has 6 heteroatoms. The quantitative estimate of drug-likeness (QED) is 0.830. The van der Waals surface area contributed by atoms with Gasteiger partial charge in [-0.15, -0.1) is 22.7 Å². The van der Waals surface area contributed by atoms with Crippen molar-refractivity contribution in [2.24, 2.45) is 0 Å². The number of hydrogen-bond donors (Lipinski definition) is 0. The molecule has 4 heterocycles. The van der Waals surface area contributed by atoms with Crippen LogP contribution in [-0.2, 0) is 9.47 Å². The van der Waals surface area contributed by atoms with E-state index < -0.39 is 0 Å². The van der Waals surface area contributed by atoms with Gasteiger partial charge >= 0.3 is 0 Å². The van der Waals surface area contributed by atoms with Crippen LogP contribution < -0.4 is 9.80 Å². The van der Waals surface area contributed by atoms with Gasteiger partial charge in [0.05, 0.1) is 36.4 Å². The van der Waals surface area contributed by atoms with E-state index in [9.17, 15) is 0 Å². The number of anilines is 2. The highest BCUT2D eigenvalue weighted by Gasteiger charge is 2.17. The van der Waals surface area contributed by atoms with Crippen molar-refractivity contribution in [1.29, 1.82) is 0 Å². The minimum absolute atomic E-state index is 0.821. The summed E-state index contributed by atoms with van der Waals surface area (Å²) >= 11 is 3.66. The minimum Gasteiger partial charge on any atom is -0.378 e. The van der Waals surface area contributed by atoms with Crippen LogP contribution in [0.25, 0.3) is 5.57 Å². The normalized spacial score (nSPS) is 18.8. The van der Waals surface area contributed by atoms with E-state index in [-0.39, 0.29) is 0 Å². The average molecular weight is 363 g/mol. The Morgan fingerprint density at radius 1 is 0.750 bits per heavy atom. The Kier molecular flexibility index (Phi) is 4.89. The maximum Gasteiger partial charge on any atom is 0.0916 e. The molecule has 2 aliphatic heterocycles. The molecule has 128 valence electrons. The van der Waals surface area contributed by atoms with Crippen molar-refractivity contribution in [1.82, 2.24) is 0 Å². The molecule has 24 heavy (non-hydrogen) atoms. The summed E-state index contributed by atoms with van der Waals surface area (Å²) in [5.74, 6) is 0. The van der Waals surface area contributed by atoms with Crippen molar-refractivity contribution < 1.29 is 9.47 Å². The van der Waals surface area contributed by atoms with Gasteiger partial charge in [-0.05, 0) is 24.3 Å². The lowest BCUT2D eigenvalue weighted by Gasteiger charge is -2.27. The third-order valence-corrected chi connectivity index (χ3v) is 6.84. The average Bonchev–Trinajstić information content (AvgIpc) is 3.33. The Labute approximate surface area is 150 Å². The van der Waals surface area contributed by atoms with Crippen molar-refractivity contribution >= 4 is 38.2 Å². The fourth-order valence-electron chi connectivity index (χ4n) is 3.01. The topological polar surface area (TPSA) is 24.9 Å². The summed E-state index contributed by atoms with van der Waals surface area (Å²) < 4.78 is 10.9. The van der Waals surface area contributed by atoms with Crippen molar-refractivity contribution in [3.05, 3.63) is 40.6 Å². The third-order valence-electron chi connectivity index (χ3n) is 4.42. The van der Waals surface area contributed by atoms with E-state index in [2.05, 4.69) is 40.6 Å². The SMILES string of the molecule is C=C(c1ccc(N2CCOCC2)s1)c1ccc(N2CCOCC2)s1. The van der Waals surface area contributed by atoms with Crippen molar-refractivity contribution in [3.63, 3.8) is 0 Å². The van der Waals surface area contributed by atoms with Crippen molar-refractivity contribution in [2.45, 2.75) is 0 Å². The largest absolute Gasteiger partial charge is 0.378 e. The van der Waals surface area contributed by atoms with Gasteiger partial charge in [0.25, 0.3) is 0 Å². The summed E-state index contributed by atoms with van der Waals surface area (Å²) in [6.07, 6.45) is 0. The summed E-state index contributed by atoms with van der Waals surface area (Å²) in [4.78, 5) is 7.32. The Morgan fingerprint density at radius 2 is 1.17 bits per heavy atom. The Balaban J connectivity index is 1.47. The van der Waals surface area contributed by atoms with Gasteiger partial charge < -0.3 is 19.3 Å². The van der Waals surface area contributed by atoms with Crippen LogP contribution in [0.2, 0.25) is 0 Å². The highest BCUT2D eigenvalue weighted by molar-refractivity contribution is 7.19. The fraction of sp³-hybridized carbons (Fsp3) is 0.444. The predicted molar refractivity (Wildman–Crippen MR) is 103 cm³/mol. The monoisotopic (exact) mass is 362 g/mol. The Hall–Kier alpha value is -1.34. The third kappa shape index (κ3) is 3.37. The van der Waals surface area contributed by atoms with Crippen LogP contribution in [0.3, 0.4) is 0 Å². The molecule has 0 aromatic carbocycles. The molecule has 0 unspecified atom stereocenters. The molecule has 0 amide bonds. The van der Waals surface area contributed by atoms with E-state index in [1.54, 1.807) is 0 Å². The fourth-order valence-corrected chi connectivity index (χ4v) is 5.16. The molecule has 2 aliphatic rings. The first kappa shape index (κ1) is 16.1. The van der Waals surface area contributed by atoms with E-state index in [1.807, 2.05) is 22.7 Å². The number of thiophene rings is 2. The maximum absolute atomic E-state index is 5.44. The molecule has 2 fully saturated rings. The molecule has 0 aliphatic carbocycles. The number of ether oxygens (including phenoxy) is 2. The molecule has 2 aromatic heterocycles. The van der Waals surface area contributed by atoms with Crippen LogP contribution in [0.15, 0.2) is 30.8 Å². The molecule has 4 nitrogen and oxygen atoms in total. The highest BCUT2D eigenvalue weighted by atomic mass is 32.1.